The van der Waals surface area contributed by atoms with Gasteiger partial charge in [0.25, 0.3) is 0 Å². The maximum atomic E-state index is 13.4. The molecule has 4 N–H and O–H groups in total. The summed E-state index contributed by atoms with van der Waals surface area (Å²) in [5, 5.41) is 0. The highest BCUT2D eigenvalue weighted by Crippen LogP contribution is 2.45. The molecule has 0 aliphatic heterocycles. The number of alkyl halides is 10. The Bertz CT molecular complexity index is 847. The van der Waals surface area contributed by atoms with Crippen molar-refractivity contribution in [1.82, 2.24) is 0 Å². The fourth-order valence-electron chi connectivity index (χ4n) is 2.41. The lowest BCUT2D eigenvalue weighted by Gasteiger charge is -2.38. The van der Waals surface area contributed by atoms with Gasteiger partial charge in [-0.3, -0.25) is 0 Å². The van der Waals surface area contributed by atoms with E-state index < -0.39 is 47.5 Å². The fraction of sp³-hybridized carbons (Fsp3) is 0.375. The molecule has 0 aromatic heterocycles. The van der Waals surface area contributed by atoms with Crippen LogP contribution in [0.3, 0.4) is 0 Å². The molecule has 168 valence electrons. The van der Waals surface area contributed by atoms with Gasteiger partial charge in [0, 0.05) is 11.3 Å². The molecule has 2 rings (SSSR count). The lowest BCUT2D eigenvalue weighted by Crippen LogP contribution is -2.54. The zero-order valence-electron chi connectivity index (χ0n) is 14.4. The molecule has 0 heterocycles. The number of hydrogen-bond acceptors (Lipinski definition) is 4. The fourth-order valence-corrected chi connectivity index (χ4v) is 2.41. The molecule has 0 amide bonds. The predicted molar refractivity (Wildman–Crippen MR) is 81.2 cm³/mol. The van der Waals surface area contributed by atoms with Crippen LogP contribution in [-0.2, 0) is 10.3 Å². The van der Waals surface area contributed by atoms with Gasteiger partial charge in [0.05, 0.1) is 5.54 Å². The number of halogens is 10. The van der Waals surface area contributed by atoms with Gasteiger partial charge >= 0.3 is 24.6 Å². The van der Waals surface area contributed by atoms with Crippen molar-refractivity contribution in [2.24, 2.45) is 11.5 Å². The summed E-state index contributed by atoms with van der Waals surface area (Å²) >= 11 is 0. The molecule has 2 atom stereocenters. The minimum absolute atomic E-state index is 0.377. The normalized spacial score (nSPS) is 23.3. The van der Waals surface area contributed by atoms with Crippen molar-refractivity contribution >= 4 is 0 Å². The first-order chi connectivity index (χ1) is 13.4. The molecular weight excluding hydrogens is 442 g/mol. The summed E-state index contributed by atoms with van der Waals surface area (Å²) in [4.78, 5) is 0. The maximum Gasteiger partial charge on any atom is 0.499 e. The molecule has 0 spiro atoms. The van der Waals surface area contributed by atoms with Gasteiger partial charge in [0.1, 0.15) is 11.9 Å². The van der Waals surface area contributed by atoms with Crippen LogP contribution in [0, 0.1) is 0 Å². The second-order valence-electron chi connectivity index (χ2n) is 6.10. The van der Waals surface area contributed by atoms with Crippen molar-refractivity contribution < 1.29 is 53.4 Å². The van der Waals surface area contributed by atoms with Crippen LogP contribution in [0.5, 0.6) is 5.75 Å². The molecule has 0 bridgehead atoms. The van der Waals surface area contributed by atoms with E-state index in [-0.39, 0.29) is 5.70 Å². The van der Waals surface area contributed by atoms with Crippen LogP contribution < -0.4 is 16.2 Å². The third kappa shape index (κ3) is 4.48. The molecule has 14 heteroatoms. The van der Waals surface area contributed by atoms with Crippen LogP contribution in [0.25, 0.3) is 0 Å². The molecule has 4 nitrogen and oxygen atoms in total. The zero-order chi connectivity index (χ0) is 23.2. The highest BCUT2D eigenvalue weighted by Gasteiger charge is 2.63. The van der Waals surface area contributed by atoms with Gasteiger partial charge in [-0.15, -0.1) is 0 Å². The Balaban J connectivity index is 2.54. The minimum atomic E-state index is -6.18. The number of allylic oxidation sites excluding steroid dienone is 1. The number of hydrogen-bond donors (Lipinski definition) is 2. The van der Waals surface area contributed by atoms with Gasteiger partial charge in [-0.2, -0.15) is 43.9 Å². The quantitative estimate of drug-likeness (QED) is 0.651. The first kappa shape index (κ1) is 23.8. The van der Waals surface area contributed by atoms with Gasteiger partial charge in [0.2, 0.25) is 0 Å². The summed E-state index contributed by atoms with van der Waals surface area (Å²) in [6, 6.07) is 3.39. The number of ether oxygens (including phenoxy) is 2. The molecule has 0 fully saturated rings. The van der Waals surface area contributed by atoms with Crippen LogP contribution in [-0.4, -0.2) is 30.7 Å². The molecule has 1 aromatic rings. The molecule has 1 aromatic carbocycles. The summed E-state index contributed by atoms with van der Waals surface area (Å²) in [6.45, 7) is 0. The van der Waals surface area contributed by atoms with E-state index in [1.807, 2.05) is 0 Å². The van der Waals surface area contributed by atoms with Crippen LogP contribution in [0.15, 0.2) is 48.2 Å². The molecular formula is C16H12F10N2O2. The largest absolute Gasteiger partial charge is 0.499 e. The Kier molecular flexibility index (Phi) is 5.82. The second-order valence-corrected chi connectivity index (χ2v) is 6.10. The van der Waals surface area contributed by atoms with Crippen molar-refractivity contribution in [2.75, 3.05) is 0 Å². The van der Waals surface area contributed by atoms with Gasteiger partial charge in [-0.1, -0.05) is 24.3 Å². The van der Waals surface area contributed by atoms with Crippen molar-refractivity contribution in [1.29, 1.82) is 0 Å². The third-order valence-electron chi connectivity index (χ3n) is 3.89. The number of para-hydroxylation sites is 1. The monoisotopic (exact) mass is 454 g/mol. The second kappa shape index (κ2) is 7.34. The van der Waals surface area contributed by atoms with Crippen LogP contribution in [0.4, 0.5) is 43.9 Å². The van der Waals surface area contributed by atoms with E-state index in [9.17, 15) is 43.9 Å². The maximum absolute atomic E-state index is 13.4. The summed E-state index contributed by atoms with van der Waals surface area (Å²) < 4.78 is 136. The van der Waals surface area contributed by atoms with E-state index in [1.54, 1.807) is 0 Å². The Hall–Kier alpha value is -2.48. The van der Waals surface area contributed by atoms with Gasteiger partial charge < -0.3 is 20.9 Å². The van der Waals surface area contributed by atoms with Gasteiger partial charge in [0.15, 0.2) is 0 Å². The standard InChI is InChI=1S/C16H12F10N2O2/c17-13(18,19)15(23,24)29-10-4-2-1-3-9(10)12(28)6-5-8(27)7-11(12)30-16(25,26)14(20,21)22/h1-7,11H,27-28H2. The summed E-state index contributed by atoms with van der Waals surface area (Å²) in [5.41, 5.74) is 7.45. The van der Waals surface area contributed by atoms with E-state index in [4.69, 9.17) is 11.5 Å². The van der Waals surface area contributed by atoms with Gasteiger partial charge in [-0.05, 0) is 18.2 Å². The summed E-state index contributed by atoms with van der Waals surface area (Å²) in [6.07, 6.45) is -24.1. The Morgan fingerprint density at radius 2 is 1.37 bits per heavy atom. The molecule has 0 saturated carbocycles. The Labute approximate surface area is 161 Å². The van der Waals surface area contributed by atoms with Crippen molar-refractivity contribution in [3.05, 3.63) is 53.8 Å². The highest BCUT2D eigenvalue weighted by atomic mass is 19.4. The van der Waals surface area contributed by atoms with Crippen LogP contribution in [0.1, 0.15) is 5.56 Å². The van der Waals surface area contributed by atoms with E-state index in [1.165, 1.54) is 0 Å². The molecule has 0 radical (unpaired) electrons. The molecule has 2 unspecified atom stereocenters. The van der Waals surface area contributed by atoms with Crippen LogP contribution in [0.2, 0.25) is 0 Å². The van der Waals surface area contributed by atoms with E-state index in [0.29, 0.717) is 18.2 Å². The highest BCUT2D eigenvalue weighted by molar-refractivity contribution is 5.47. The lowest BCUT2D eigenvalue weighted by molar-refractivity contribution is -0.401. The summed E-state index contributed by atoms with van der Waals surface area (Å²) in [7, 11) is 0. The lowest BCUT2D eigenvalue weighted by atomic mass is 9.81. The molecule has 30 heavy (non-hydrogen) atoms. The number of benzene rings is 1. The average molecular weight is 454 g/mol. The number of rotatable bonds is 5. The Morgan fingerprint density at radius 1 is 0.833 bits per heavy atom. The van der Waals surface area contributed by atoms with E-state index in [2.05, 4.69) is 9.47 Å². The summed E-state index contributed by atoms with van der Waals surface area (Å²) in [5.74, 6) is -1.23. The number of nitrogens with two attached hydrogens (primary N) is 2. The van der Waals surface area contributed by atoms with Crippen molar-refractivity contribution in [3.63, 3.8) is 0 Å². The van der Waals surface area contributed by atoms with Crippen LogP contribution >= 0.6 is 0 Å². The van der Waals surface area contributed by atoms with E-state index in [0.717, 1.165) is 24.3 Å². The topological polar surface area (TPSA) is 70.5 Å². The first-order valence-electron chi connectivity index (χ1n) is 7.71. The zero-order valence-corrected chi connectivity index (χ0v) is 14.4. The third-order valence-corrected chi connectivity index (χ3v) is 3.89. The average Bonchev–Trinajstić information content (AvgIpc) is 2.56. The van der Waals surface area contributed by atoms with Crippen molar-refractivity contribution in [2.45, 2.75) is 36.2 Å². The smallest absolute Gasteiger partial charge is 0.425 e. The first-order valence-corrected chi connectivity index (χ1v) is 7.71. The molecule has 1 aliphatic rings. The SMILES string of the molecule is NC1=CC(OC(F)(F)C(F)(F)F)C(N)(c2ccccc2OC(F)(F)C(F)(F)F)C=C1. The Morgan fingerprint density at radius 3 is 1.90 bits per heavy atom. The molecule has 0 saturated heterocycles. The molecule has 1 aliphatic carbocycles. The van der Waals surface area contributed by atoms with Crippen molar-refractivity contribution in [3.8, 4) is 5.75 Å². The predicted octanol–water partition coefficient (Wildman–Crippen LogP) is 4.33. The van der Waals surface area contributed by atoms with E-state index >= 15 is 0 Å². The minimum Gasteiger partial charge on any atom is -0.425 e. The van der Waals surface area contributed by atoms with Gasteiger partial charge in [-0.25, -0.2) is 0 Å².